The van der Waals surface area contributed by atoms with Crippen LogP contribution in [-0.2, 0) is 23.7 Å². The lowest BCUT2D eigenvalue weighted by atomic mass is 9.86. The molecule has 1 aliphatic rings. The van der Waals surface area contributed by atoms with E-state index in [0.29, 0.717) is 44.0 Å². The van der Waals surface area contributed by atoms with E-state index in [2.05, 4.69) is 0 Å². The van der Waals surface area contributed by atoms with Gasteiger partial charge in [-0.05, 0) is 55.5 Å². The van der Waals surface area contributed by atoms with Gasteiger partial charge in [0, 0.05) is 19.0 Å². The van der Waals surface area contributed by atoms with Crippen LogP contribution in [0.2, 0.25) is 0 Å². The molecule has 0 saturated carbocycles. The monoisotopic (exact) mass is 411 g/mol. The van der Waals surface area contributed by atoms with Gasteiger partial charge in [0.25, 0.3) is 0 Å². The number of benzene rings is 1. The molecule has 2 unspecified atom stereocenters. The first-order valence-electron chi connectivity index (χ1n) is 9.15. The average molecular weight is 411 g/mol. The summed E-state index contributed by atoms with van der Waals surface area (Å²) in [6.07, 6.45) is -7.08. The third-order valence-electron chi connectivity index (χ3n) is 5.14. The fraction of sp³-hybridized carbons (Fsp3) is 0.632. The third kappa shape index (κ3) is 5.86. The van der Waals surface area contributed by atoms with Gasteiger partial charge in [-0.1, -0.05) is 13.3 Å². The van der Waals surface area contributed by atoms with E-state index in [-0.39, 0.29) is 24.9 Å². The van der Waals surface area contributed by atoms with Crippen LogP contribution in [0.5, 0.6) is 0 Å². The van der Waals surface area contributed by atoms with E-state index < -0.39 is 35.0 Å². The van der Waals surface area contributed by atoms with Gasteiger partial charge in [0.15, 0.2) is 0 Å². The molecule has 0 aliphatic carbocycles. The number of likely N-dealkylation sites (tertiary alicyclic amines) is 1. The second-order valence-electron chi connectivity index (χ2n) is 7.27. The van der Waals surface area contributed by atoms with E-state index in [1.807, 2.05) is 6.92 Å². The van der Waals surface area contributed by atoms with E-state index in [0.717, 1.165) is 6.42 Å². The number of rotatable bonds is 6. The number of carbonyl (C=O) groups is 1. The summed E-state index contributed by atoms with van der Waals surface area (Å²) in [6.45, 7) is 2.02. The number of aliphatic carboxylic acids is 1. The lowest BCUT2D eigenvalue weighted by Crippen LogP contribution is -2.42. The molecule has 1 fully saturated rings. The van der Waals surface area contributed by atoms with Gasteiger partial charge in [-0.3, -0.25) is 9.69 Å². The summed E-state index contributed by atoms with van der Waals surface area (Å²) in [5.74, 6) is -1.00. The Morgan fingerprint density at radius 3 is 2.39 bits per heavy atom. The molecule has 1 saturated heterocycles. The molecule has 0 bridgehead atoms. The first-order valence-corrected chi connectivity index (χ1v) is 9.15. The van der Waals surface area contributed by atoms with Crippen molar-refractivity contribution in [3.63, 3.8) is 0 Å². The summed E-state index contributed by atoms with van der Waals surface area (Å²) in [5.41, 5.74) is -2.58. The minimum atomic E-state index is -4.75. The molecule has 1 aliphatic heterocycles. The van der Waals surface area contributed by atoms with Gasteiger partial charge in [0.2, 0.25) is 0 Å². The average Bonchev–Trinajstić information content (AvgIpc) is 2.55. The number of carboxylic acid groups (broad SMARTS) is 1. The summed E-state index contributed by atoms with van der Waals surface area (Å²) in [4.78, 5) is 12.7. The molecule has 3 nitrogen and oxygen atoms in total. The van der Waals surface area contributed by atoms with Crippen molar-refractivity contribution >= 4 is 5.97 Å². The van der Waals surface area contributed by atoms with Crippen molar-refractivity contribution in [3.8, 4) is 0 Å². The molecule has 158 valence electrons. The molecule has 0 aromatic heterocycles. The maximum atomic E-state index is 13.3. The van der Waals surface area contributed by atoms with Gasteiger partial charge in [-0.25, -0.2) is 0 Å². The zero-order valence-corrected chi connectivity index (χ0v) is 15.4. The highest BCUT2D eigenvalue weighted by atomic mass is 19.4. The number of piperidine rings is 1. The highest BCUT2D eigenvalue weighted by Gasteiger charge is 2.38. The highest BCUT2D eigenvalue weighted by Crippen LogP contribution is 2.38. The maximum absolute atomic E-state index is 13.3. The maximum Gasteiger partial charge on any atom is 0.416 e. The molecule has 1 heterocycles. The van der Waals surface area contributed by atoms with Crippen LogP contribution in [0.15, 0.2) is 18.2 Å². The van der Waals surface area contributed by atoms with Crippen LogP contribution in [0.25, 0.3) is 0 Å². The molecule has 1 N–H and O–H groups in total. The van der Waals surface area contributed by atoms with Crippen LogP contribution in [0.4, 0.5) is 26.3 Å². The Morgan fingerprint density at radius 2 is 1.86 bits per heavy atom. The zero-order chi connectivity index (χ0) is 21.1. The first-order chi connectivity index (χ1) is 12.9. The summed E-state index contributed by atoms with van der Waals surface area (Å²) in [5, 5.41) is 8.97. The highest BCUT2D eigenvalue weighted by molar-refractivity contribution is 5.67. The zero-order valence-electron chi connectivity index (χ0n) is 15.4. The Hall–Kier alpha value is -1.77. The van der Waals surface area contributed by atoms with Gasteiger partial charge in [-0.2, -0.15) is 26.3 Å². The third-order valence-corrected chi connectivity index (χ3v) is 5.14. The van der Waals surface area contributed by atoms with Gasteiger partial charge in [0.05, 0.1) is 11.1 Å². The summed E-state index contributed by atoms with van der Waals surface area (Å²) < 4.78 is 78.9. The van der Waals surface area contributed by atoms with Gasteiger partial charge >= 0.3 is 18.3 Å². The number of carboxylic acids is 1. The Balaban J connectivity index is 2.29. The van der Waals surface area contributed by atoms with Crippen molar-refractivity contribution in [2.24, 2.45) is 5.92 Å². The van der Waals surface area contributed by atoms with Gasteiger partial charge in [-0.15, -0.1) is 0 Å². The normalized spacial score (nSPS) is 21.7. The predicted octanol–water partition coefficient (Wildman–Crippen LogP) is 5.58. The van der Waals surface area contributed by atoms with E-state index in [1.54, 1.807) is 4.90 Å². The number of hydrogen-bond donors (Lipinski definition) is 1. The fourth-order valence-electron chi connectivity index (χ4n) is 3.85. The van der Waals surface area contributed by atoms with Crippen molar-refractivity contribution < 1.29 is 36.2 Å². The summed E-state index contributed by atoms with van der Waals surface area (Å²) >= 11 is 0. The van der Waals surface area contributed by atoms with Crippen molar-refractivity contribution in [2.45, 2.75) is 64.0 Å². The van der Waals surface area contributed by atoms with Gasteiger partial charge < -0.3 is 5.11 Å². The van der Waals surface area contributed by atoms with E-state index in [1.165, 1.54) is 0 Å². The lowest BCUT2D eigenvalue weighted by molar-refractivity contribution is -0.142. The second kappa shape index (κ2) is 8.71. The number of hydrogen-bond acceptors (Lipinski definition) is 2. The fourth-order valence-corrected chi connectivity index (χ4v) is 3.85. The van der Waals surface area contributed by atoms with E-state index in [4.69, 9.17) is 5.11 Å². The van der Waals surface area contributed by atoms with Crippen LogP contribution in [-0.4, -0.2) is 28.6 Å². The molecule has 2 rings (SSSR count). The summed E-state index contributed by atoms with van der Waals surface area (Å²) in [6, 6.07) is 1.37. The molecule has 0 spiro atoms. The minimum absolute atomic E-state index is 0.00852. The van der Waals surface area contributed by atoms with Crippen molar-refractivity contribution in [3.05, 3.63) is 34.9 Å². The molecule has 9 heteroatoms. The minimum Gasteiger partial charge on any atom is -0.481 e. The van der Waals surface area contributed by atoms with Gasteiger partial charge in [0.1, 0.15) is 0 Å². The number of alkyl halides is 6. The number of nitrogens with zero attached hydrogens (tertiary/aromatic N) is 1. The standard InChI is InChI=1S/C19H23F6NO2/c1-2-3-15-8-12(9-17(27)28)6-7-26(15)11-13-10-14(18(20,21)22)4-5-16(13)19(23,24)25/h4-5,10,12,15H,2-3,6-9,11H2,1H3,(H,27,28). The quantitative estimate of drug-likeness (QED) is 0.622. The molecule has 1 aromatic carbocycles. The molecule has 0 radical (unpaired) electrons. The first kappa shape index (κ1) is 22.5. The molecule has 2 atom stereocenters. The van der Waals surface area contributed by atoms with Crippen LogP contribution >= 0.6 is 0 Å². The van der Waals surface area contributed by atoms with Crippen molar-refractivity contribution in [1.82, 2.24) is 4.90 Å². The summed E-state index contributed by atoms with van der Waals surface area (Å²) in [7, 11) is 0. The molecular weight excluding hydrogens is 388 g/mol. The smallest absolute Gasteiger partial charge is 0.416 e. The molecular formula is C19H23F6NO2. The van der Waals surface area contributed by atoms with Crippen molar-refractivity contribution in [1.29, 1.82) is 0 Å². The number of halogens is 6. The predicted molar refractivity (Wildman–Crippen MR) is 90.5 cm³/mol. The van der Waals surface area contributed by atoms with Crippen molar-refractivity contribution in [2.75, 3.05) is 6.54 Å². The molecule has 28 heavy (non-hydrogen) atoms. The van der Waals surface area contributed by atoms with E-state index in [9.17, 15) is 31.1 Å². The molecule has 0 amide bonds. The lowest BCUT2D eigenvalue weighted by Gasteiger charge is -2.39. The second-order valence-corrected chi connectivity index (χ2v) is 7.27. The Kier molecular flexibility index (Phi) is 7.01. The topological polar surface area (TPSA) is 40.5 Å². The van der Waals surface area contributed by atoms with Crippen LogP contribution < -0.4 is 0 Å². The Morgan fingerprint density at radius 1 is 1.18 bits per heavy atom. The SMILES string of the molecule is CCCC1CC(CC(=O)O)CCN1Cc1cc(C(F)(F)F)ccc1C(F)(F)F. The largest absolute Gasteiger partial charge is 0.481 e. The molecule has 1 aromatic rings. The van der Waals surface area contributed by atoms with Crippen LogP contribution in [0, 0.1) is 5.92 Å². The van der Waals surface area contributed by atoms with Crippen LogP contribution in [0.3, 0.4) is 0 Å². The Bertz CT molecular complexity index is 686. The van der Waals surface area contributed by atoms with E-state index >= 15 is 0 Å². The Labute approximate surface area is 159 Å². The van der Waals surface area contributed by atoms with Crippen LogP contribution in [0.1, 0.15) is 55.7 Å².